The summed E-state index contributed by atoms with van der Waals surface area (Å²) >= 11 is 0. The van der Waals surface area contributed by atoms with Crippen LogP contribution in [-0.2, 0) is 0 Å². The lowest BCUT2D eigenvalue weighted by Crippen LogP contribution is -2.22. The quantitative estimate of drug-likeness (QED) is 0.554. The highest BCUT2D eigenvalue weighted by atomic mass is 19.2. The predicted octanol–water partition coefficient (Wildman–Crippen LogP) is 0.761. The normalized spacial score (nSPS) is 10.1. The number of hydrogen-bond donors (Lipinski definition) is 2. The van der Waals surface area contributed by atoms with Gasteiger partial charge in [0.15, 0.2) is 17.5 Å². The van der Waals surface area contributed by atoms with Crippen molar-refractivity contribution in [2.45, 2.75) is 6.92 Å². The Kier molecular flexibility index (Phi) is 3.02. The molecule has 0 heterocycles. The summed E-state index contributed by atoms with van der Waals surface area (Å²) in [7, 11) is -2.28. The van der Waals surface area contributed by atoms with E-state index < -0.39 is 36.1 Å². The summed E-state index contributed by atoms with van der Waals surface area (Å²) in [4.78, 5) is 0. The Bertz CT molecular complexity index is 357. The number of benzene rings is 1. The Balaban J connectivity index is 3.22. The molecule has 0 radical (unpaired) electrons. The molecule has 0 aromatic heterocycles. The van der Waals surface area contributed by atoms with E-state index in [0.29, 0.717) is 0 Å². The van der Waals surface area contributed by atoms with Crippen molar-refractivity contribution < 1.29 is 27.9 Å². The lowest BCUT2D eigenvalue weighted by atomic mass is 10.1. The third kappa shape index (κ3) is 1.99. The van der Waals surface area contributed by atoms with Gasteiger partial charge in [-0.25, -0.2) is 13.2 Å². The second-order valence-electron chi connectivity index (χ2n) is 2.55. The fourth-order valence-electron chi connectivity index (χ4n) is 0.948. The summed E-state index contributed by atoms with van der Waals surface area (Å²) in [6, 6.07) is 0.264. The van der Waals surface area contributed by atoms with Gasteiger partial charge in [0.05, 0.1) is 0 Å². The van der Waals surface area contributed by atoms with Crippen LogP contribution in [0, 0.1) is 24.4 Å². The maximum absolute atomic E-state index is 12.9. The summed E-state index contributed by atoms with van der Waals surface area (Å²) in [5, 5.41) is 16.7. The van der Waals surface area contributed by atoms with E-state index in [9.17, 15) is 13.2 Å². The zero-order valence-electron chi connectivity index (χ0n) is 7.09. The van der Waals surface area contributed by atoms with E-state index in [1.54, 1.807) is 0 Å². The Hall–Kier alpha value is -1.21. The lowest BCUT2D eigenvalue weighted by molar-refractivity contribution is 0.279. The van der Waals surface area contributed by atoms with Crippen molar-refractivity contribution in [1.29, 1.82) is 0 Å². The zero-order valence-corrected chi connectivity index (χ0v) is 7.09. The maximum Gasteiger partial charge on any atom is 0.707 e. The highest BCUT2D eigenvalue weighted by Crippen LogP contribution is 2.26. The Morgan fingerprint density at radius 3 is 2.29 bits per heavy atom. The van der Waals surface area contributed by atoms with Crippen LogP contribution in [0.5, 0.6) is 5.75 Å². The third-order valence-electron chi connectivity index (χ3n) is 1.57. The molecule has 1 aromatic carbocycles. The first-order valence-electron chi connectivity index (χ1n) is 3.60. The molecule has 0 bridgehead atoms. The molecule has 1 aromatic rings. The largest absolute Gasteiger partial charge is 0.707 e. The van der Waals surface area contributed by atoms with Crippen LogP contribution in [0.2, 0.25) is 0 Å². The molecular weight excluding hydrogens is 200 g/mol. The highest BCUT2D eigenvalue weighted by Gasteiger charge is 2.21. The van der Waals surface area contributed by atoms with Crippen LogP contribution in [0.1, 0.15) is 5.56 Å². The summed E-state index contributed by atoms with van der Waals surface area (Å²) in [6.45, 7) is 1.05. The monoisotopic (exact) mass is 206 g/mol. The molecule has 76 valence electrons. The number of rotatable bonds is 2. The smallest absolute Gasteiger partial charge is 0.509 e. The second kappa shape index (κ2) is 3.89. The molecule has 0 aliphatic rings. The average Bonchev–Trinajstić information content (AvgIpc) is 2.09. The average molecular weight is 206 g/mol. The van der Waals surface area contributed by atoms with E-state index in [1.165, 1.54) is 0 Å². The van der Waals surface area contributed by atoms with Gasteiger partial charge in [0.1, 0.15) is 5.75 Å². The van der Waals surface area contributed by atoms with Crippen molar-refractivity contribution >= 4 is 7.32 Å². The lowest BCUT2D eigenvalue weighted by Gasteiger charge is -2.10. The molecule has 0 saturated heterocycles. The van der Waals surface area contributed by atoms with Gasteiger partial charge in [-0.2, -0.15) is 0 Å². The summed E-state index contributed by atoms with van der Waals surface area (Å²) in [5.74, 6) is -4.57. The molecule has 14 heavy (non-hydrogen) atoms. The predicted molar refractivity (Wildman–Crippen MR) is 41.9 cm³/mol. The van der Waals surface area contributed by atoms with Crippen LogP contribution in [0.25, 0.3) is 0 Å². The standard InChI is InChI=1S/C7H6BF3O3/c1-3-6(11)4(9)2-5(10)7(3)14-8(12)13/h2,12-13H,1H3. The molecule has 2 N–H and O–H groups in total. The molecule has 0 aliphatic carbocycles. The molecule has 0 fully saturated rings. The summed E-state index contributed by atoms with van der Waals surface area (Å²) in [5.41, 5.74) is -0.462. The van der Waals surface area contributed by atoms with Crippen LogP contribution in [0.3, 0.4) is 0 Å². The molecule has 3 nitrogen and oxygen atoms in total. The number of halogens is 3. The molecule has 0 saturated carbocycles. The van der Waals surface area contributed by atoms with E-state index in [0.717, 1.165) is 6.92 Å². The minimum Gasteiger partial charge on any atom is -0.509 e. The number of hydrogen-bond acceptors (Lipinski definition) is 3. The van der Waals surface area contributed by atoms with Crippen LogP contribution in [-0.4, -0.2) is 17.4 Å². The van der Waals surface area contributed by atoms with E-state index in [1.807, 2.05) is 0 Å². The molecular formula is C7H6BF3O3. The first-order chi connectivity index (χ1) is 6.43. The molecule has 0 amide bonds. The van der Waals surface area contributed by atoms with Crippen LogP contribution < -0.4 is 4.65 Å². The van der Waals surface area contributed by atoms with E-state index >= 15 is 0 Å². The van der Waals surface area contributed by atoms with Gasteiger partial charge in [0.25, 0.3) is 0 Å². The van der Waals surface area contributed by atoms with Crippen LogP contribution in [0.4, 0.5) is 13.2 Å². The zero-order chi connectivity index (χ0) is 10.9. The summed E-state index contributed by atoms with van der Waals surface area (Å²) in [6.07, 6.45) is 0. The van der Waals surface area contributed by atoms with Gasteiger partial charge >= 0.3 is 7.32 Å². The van der Waals surface area contributed by atoms with Crippen LogP contribution in [0.15, 0.2) is 6.07 Å². The molecule has 7 heteroatoms. The molecule has 0 atom stereocenters. The van der Waals surface area contributed by atoms with Gasteiger partial charge in [0.2, 0.25) is 0 Å². The van der Waals surface area contributed by atoms with Crippen molar-refractivity contribution in [2.24, 2.45) is 0 Å². The van der Waals surface area contributed by atoms with Crippen molar-refractivity contribution in [2.75, 3.05) is 0 Å². The van der Waals surface area contributed by atoms with E-state index in [-0.39, 0.29) is 6.07 Å². The first-order valence-corrected chi connectivity index (χ1v) is 3.60. The molecule has 0 spiro atoms. The van der Waals surface area contributed by atoms with Gasteiger partial charge in [0, 0.05) is 11.6 Å². The fraction of sp³-hybridized carbons (Fsp3) is 0.143. The van der Waals surface area contributed by atoms with Crippen molar-refractivity contribution in [3.8, 4) is 5.75 Å². The van der Waals surface area contributed by atoms with Crippen molar-refractivity contribution in [3.63, 3.8) is 0 Å². The maximum atomic E-state index is 12.9. The van der Waals surface area contributed by atoms with Gasteiger partial charge in [-0.05, 0) is 6.92 Å². The Morgan fingerprint density at radius 1 is 1.21 bits per heavy atom. The van der Waals surface area contributed by atoms with Gasteiger partial charge in [-0.3, -0.25) is 0 Å². The molecule has 0 aliphatic heterocycles. The fourth-order valence-corrected chi connectivity index (χ4v) is 0.948. The second-order valence-corrected chi connectivity index (χ2v) is 2.55. The van der Waals surface area contributed by atoms with Crippen molar-refractivity contribution in [3.05, 3.63) is 29.1 Å². The van der Waals surface area contributed by atoms with Crippen molar-refractivity contribution in [1.82, 2.24) is 0 Å². The Morgan fingerprint density at radius 2 is 1.79 bits per heavy atom. The minimum absolute atomic E-state index is 0.264. The minimum atomic E-state index is -2.28. The van der Waals surface area contributed by atoms with E-state index in [2.05, 4.69) is 4.65 Å². The molecule has 1 rings (SSSR count). The van der Waals surface area contributed by atoms with Gasteiger partial charge < -0.3 is 14.7 Å². The topological polar surface area (TPSA) is 49.7 Å². The first kappa shape index (κ1) is 10.9. The van der Waals surface area contributed by atoms with E-state index in [4.69, 9.17) is 10.0 Å². The molecule has 0 unspecified atom stereocenters. The van der Waals surface area contributed by atoms with Gasteiger partial charge in [-0.15, -0.1) is 0 Å². The summed E-state index contributed by atoms with van der Waals surface area (Å²) < 4.78 is 42.4. The highest BCUT2D eigenvalue weighted by molar-refractivity contribution is 6.33. The SMILES string of the molecule is Cc1c(F)c(F)cc(F)c1OB(O)O. The van der Waals surface area contributed by atoms with Gasteiger partial charge in [-0.1, -0.05) is 0 Å². The third-order valence-corrected chi connectivity index (χ3v) is 1.57. The Labute approximate surface area is 77.9 Å². The van der Waals surface area contributed by atoms with Crippen LogP contribution >= 0.6 is 0 Å².